The van der Waals surface area contributed by atoms with Gasteiger partial charge in [-0.15, -0.1) is 0 Å². The Kier molecular flexibility index (Phi) is 5.99. The van der Waals surface area contributed by atoms with Crippen molar-refractivity contribution in [2.45, 2.75) is 43.5 Å². The van der Waals surface area contributed by atoms with Crippen LogP contribution in [-0.4, -0.2) is 49.6 Å². The fraction of sp³-hybridized carbons (Fsp3) is 0.500. The van der Waals surface area contributed by atoms with E-state index < -0.39 is 27.9 Å². The van der Waals surface area contributed by atoms with Crippen molar-refractivity contribution >= 4 is 27.7 Å². The SMILES string of the molecule is C[C@H](NC(=O)C1CC1)C(=O)NNC(=O)c1ccc(S(=O)(=O)N2CCCC2)cc1. The number of benzene rings is 1. The van der Waals surface area contributed by atoms with Gasteiger partial charge in [-0.3, -0.25) is 25.2 Å². The Morgan fingerprint density at radius 1 is 1.04 bits per heavy atom. The first kappa shape index (κ1) is 20.3. The number of hydrogen-bond acceptors (Lipinski definition) is 5. The molecule has 0 bridgehead atoms. The van der Waals surface area contributed by atoms with Gasteiger partial charge in [0, 0.05) is 24.6 Å². The fourth-order valence-electron chi connectivity index (χ4n) is 2.90. The maximum atomic E-state index is 12.5. The van der Waals surface area contributed by atoms with Gasteiger partial charge in [-0.2, -0.15) is 4.31 Å². The first-order chi connectivity index (χ1) is 13.3. The van der Waals surface area contributed by atoms with Crippen LogP contribution >= 0.6 is 0 Å². The minimum absolute atomic E-state index is 0.0137. The highest BCUT2D eigenvalue weighted by Gasteiger charge is 2.31. The van der Waals surface area contributed by atoms with Crippen LogP contribution < -0.4 is 16.2 Å². The van der Waals surface area contributed by atoms with Gasteiger partial charge in [-0.05, 0) is 56.9 Å². The lowest BCUT2D eigenvalue weighted by Gasteiger charge is -2.16. The molecular formula is C18H24N4O5S. The molecule has 1 aliphatic carbocycles. The molecule has 2 aliphatic rings. The van der Waals surface area contributed by atoms with Crippen LogP contribution in [0.5, 0.6) is 0 Å². The van der Waals surface area contributed by atoms with Crippen molar-refractivity contribution in [2.75, 3.05) is 13.1 Å². The third kappa shape index (κ3) is 4.68. The van der Waals surface area contributed by atoms with Crippen LogP contribution in [0.25, 0.3) is 0 Å². The summed E-state index contributed by atoms with van der Waals surface area (Å²) in [7, 11) is -3.54. The molecular weight excluding hydrogens is 384 g/mol. The van der Waals surface area contributed by atoms with E-state index in [2.05, 4.69) is 16.2 Å². The zero-order chi connectivity index (χ0) is 20.3. The quantitative estimate of drug-likeness (QED) is 0.578. The third-order valence-corrected chi connectivity index (χ3v) is 6.73. The lowest BCUT2D eigenvalue weighted by atomic mass is 10.2. The summed E-state index contributed by atoms with van der Waals surface area (Å²) >= 11 is 0. The van der Waals surface area contributed by atoms with Gasteiger partial charge in [0.2, 0.25) is 15.9 Å². The second-order valence-electron chi connectivity index (χ2n) is 7.08. The molecule has 1 aromatic rings. The smallest absolute Gasteiger partial charge is 0.269 e. The predicted octanol–water partition coefficient (Wildman–Crippen LogP) is 0.147. The molecule has 3 rings (SSSR count). The average molecular weight is 408 g/mol. The summed E-state index contributed by atoms with van der Waals surface area (Å²) < 4.78 is 26.4. The summed E-state index contributed by atoms with van der Waals surface area (Å²) in [6, 6.07) is 4.76. The summed E-state index contributed by atoms with van der Waals surface area (Å²) in [4.78, 5) is 35.9. The van der Waals surface area contributed by atoms with E-state index in [0.29, 0.717) is 13.1 Å². The highest BCUT2D eigenvalue weighted by molar-refractivity contribution is 7.89. The lowest BCUT2D eigenvalue weighted by Crippen LogP contribution is -2.51. The van der Waals surface area contributed by atoms with E-state index in [1.807, 2.05) is 0 Å². The summed E-state index contributed by atoms with van der Waals surface area (Å²) in [6.45, 7) is 2.54. The molecule has 1 saturated heterocycles. The molecule has 0 unspecified atom stereocenters. The molecule has 0 aromatic heterocycles. The van der Waals surface area contributed by atoms with E-state index in [0.717, 1.165) is 25.7 Å². The van der Waals surface area contributed by atoms with Gasteiger partial charge in [-0.1, -0.05) is 0 Å². The molecule has 152 valence electrons. The van der Waals surface area contributed by atoms with Crippen molar-refractivity contribution in [1.29, 1.82) is 0 Å². The molecule has 0 radical (unpaired) electrons. The molecule has 0 spiro atoms. The van der Waals surface area contributed by atoms with Crippen molar-refractivity contribution in [1.82, 2.24) is 20.5 Å². The number of sulfonamides is 1. The Morgan fingerprint density at radius 2 is 1.64 bits per heavy atom. The standard InChI is InChI=1S/C18H24N4O5S/c1-12(19-17(24)13-4-5-13)16(23)20-21-18(25)14-6-8-15(9-7-14)28(26,27)22-10-2-3-11-22/h6-9,12-13H,2-5,10-11H2,1H3,(H,19,24)(H,20,23)(H,21,25)/t12-/m0/s1. The molecule has 1 aliphatic heterocycles. The van der Waals surface area contributed by atoms with Gasteiger partial charge in [0.1, 0.15) is 6.04 Å². The molecule has 1 atom stereocenters. The lowest BCUT2D eigenvalue weighted by molar-refractivity contribution is -0.129. The van der Waals surface area contributed by atoms with Crippen LogP contribution in [0.4, 0.5) is 0 Å². The fourth-order valence-corrected chi connectivity index (χ4v) is 4.41. The van der Waals surface area contributed by atoms with E-state index in [-0.39, 0.29) is 22.3 Å². The Labute approximate surface area is 163 Å². The minimum atomic E-state index is -3.54. The van der Waals surface area contributed by atoms with Gasteiger partial charge in [-0.25, -0.2) is 8.42 Å². The number of rotatable bonds is 6. The van der Waals surface area contributed by atoms with Crippen molar-refractivity contribution in [3.05, 3.63) is 29.8 Å². The third-order valence-electron chi connectivity index (χ3n) is 4.82. The van der Waals surface area contributed by atoms with Crippen LogP contribution in [0, 0.1) is 5.92 Å². The van der Waals surface area contributed by atoms with Gasteiger partial charge < -0.3 is 5.32 Å². The van der Waals surface area contributed by atoms with Gasteiger partial charge in [0.25, 0.3) is 11.8 Å². The number of amides is 3. The zero-order valence-corrected chi connectivity index (χ0v) is 16.4. The normalized spacial score (nSPS) is 18.3. The Balaban J connectivity index is 1.52. The molecule has 1 saturated carbocycles. The topological polar surface area (TPSA) is 125 Å². The second-order valence-corrected chi connectivity index (χ2v) is 9.02. The van der Waals surface area contributed by atoms with Gasteiger partial charge >= 0.3 is 0 Å². The maximum absolute atomic E-state index is 12.5. The molecule has 28 heavy (non-hydrogen) atoms. The Hall–Kier alpha value is -2.46. The number of nitrogens with one attached hydrogen (secondary N) is 3. The summed E-state index contributed by atoms with van der Waals surface area (Å²) in [5.74, 6) is -1.31. The highest BCUT2D eigenvalue weighted by atomic mass is 32.2. The van der Waals surface area contributed by atoms with E-state index in [9.17, 15) is 22.8 Å². The largest absolute Gasteiger partial charge is 0.344 e. The predicted molar refractivity (Wildman–Crippen MR) is 100 cm³/mol. The summed E-state index contributed by atoms with van der Waals surface area (Å²) in [5, 5.41) is 2.58. The van der Waals surface area contributed by atoms with E-state index in [4.69, 9.17) is 0 Å². The Morgan fingerprint density at radius 3 is 2.21 bits per heavy atom. The second kappa shape index (κ2) is 8.27. The van der Waals surface area contributed by atoms with E-state index in [1.165, 1.54) is 35.5 Å². The van der Waals surface area contributed by atoms with Crippen LogP contribution in [0.1, 0.15) is 43.0 Å². The molecule has 10 heteroatoms. The van der Waals surface area contributed by atoms with Crippen molar-refractivity contribution in [3.63, 3.8) is 0 Å². The average Bonchev–Trinajstić information content (AvgIpc) is 3.39. The van der Waals surface area contributed by atoms with Crippen LogP contribution in [0.3, 0.4) is 0 Å². The van der Waals surface area contributed by atoms with E-state index >= 15 is 0 Å². The minimum Gasteiger partial charge on any atom is -0.344 e. The molecule has 1 aromatic carbocycles. The Bertz CT molecular complexity index is 858. The van der Waals surface area contributed by atoms with E-state index in [1.54, 1.807) is 0 Å². The molecule has 9 nitrogen and oxygen atoms in total. The number of hydrogen-bond donors (Lipinski definition) is 3. The molecule has 3 N–H and O–H groups in total. The van der Waals surface area contributed by atoms with Crippen molar-refractivity contribution in [3.8, 4) is 0 Å². The van der Waals surface area contributed by atoms with Gasteiger partial charge in [0.05, 0.1) is 4.90 Å². The van der Waals surface area contributed by atoms with Crippen LogP contribution in [0.2, 0.25) is 0 Å². The van der Waals surface area contributed by atoms with Crippen molar-refractivity contribution in [2.24, 2.45) is 5.92 Å². The maximum Gasteiger partial charge on any atom is 0.269 e. The van der Waals surface area contributed by atoms with Gasteiger partial charge in [0.15, 0.2) is 0 Å². The molecule has 3 amide bonds. The first-order valence-corrected chi connectivity index (χ1v) is 10.7. The first-order valence-electron chi connectivity index (χ1n) is 9.30. The summed E-state index contributed by atoms with van der Waals surface area (Å²) in [6.07, 6.45) is 3.36. The zero-order valence-electron chi connectivity index (χ0n) is 15.6. The number of hydrazine groups is 1. The molecule has 2 fully saturated rings. The number of nitrogens with zero attached hydrogens (tertiary/aromatic N) is 1. The monoisotopic (exact) mass is 408 g/mol. The number of carbonyl (C=O) groups is 3. The highest BCUT2D eigenvalue weighted by Crippen LogP contribution is 2.28. The van der Waals surface area contributed by atoms with Crippen molar-refractivity contribution < 1.29 is 22.8 Å². The number of carbonyl (C=O) groups excluding carboxylic acids is 3. The summed E-state index contributed by atoms with van der Waals surface area (Å²) in [5.41, 5.74) is 4.72. The van der Waals surface area contributed by atoms with Crippen LogP contribution in [-0.2, 0) is 19.6 Å². The van der Waals surface area contributed by atoms with Crippen LogP contribution in [0.15, 0.2) is 29.2 Å². The molecule has 1 heterocycles.